The number of para-hydroxylation sites is 1. The van der Waals surface area contributed by atoms with Crippen LogP contribution in [-0.4, -0.2) is 19.7 Å². The Morgan fingerprint density at radius 1 is 0.900 bits per heavy atom. The second-order valence-corrected chi connectivity index (χ2v) is 8.73. The van der Waals surface area contributed by atoms with Gasteiger partial charge in [0.05, 0.1) is 12.2 Å². The molecule has 0 radical (unpaired) electrons. The van der Waals surface area contributed by atoms with Gasteiger partial charge in [0.15, 0.2) is 5.82 Å². The average molecular weight is 424 g/mol. The van der Waals surface area contributed by atoms with E-state index in [2.05, 4.69) is 76.4 Å². The lowest BCUT2D eigenvalue weighted by atomic mass is 9.79. The average Bonchev–Trinajstić information content (AvgIpc) is 3.09. The van der Waals surface area contributed by atoms with Crippen LogP contribution in [0.25, 0.3) is 5.69 Å². The van der Waals surface area contributed by atoms with Crippen LogP contribution in [0.1, 0.15) is 85.9 Å². The minimum atomic E-state index is 0. The second kappa shape index (κ2) is 8.86. The fourth-order valence-electron chi connectivity index (χ4n) is 4.82. The van der Waals surface area contributed by atoms with Gasteiger partial charge in [-0.25, -0.2) is 0 Å². The fraction of sp³-hybridized carbons (Fsp3) is 0.458. The molecule has 1 N–H and O–H groups in total. The first kappa shape index (κ1) is 21.0. The quantitative estimate of drug-likeness (QED) is 0.624. The highest BCUT2D eigenvalue weighted by molar-refractivity contribution is 5.85. The van der Waals surface area contributed by atoms with Gasteiger partial charge in [-0.05, 0) is 55.4 Å². The second-order valence-electron chi connectivity index (χ2n) is 8.73. The van der Waals surface area contributed by atoms with Crippen LogP contribution in [0.3, 0.4) is 0 Å². The van der Waals surface area contributed by atoms with E-state index >= 15 is 0 Å². The normalized spacial score (nSPS) is 20.8. The van der Waals surface area contributed by atoms with Gasteiger partial charge in [0.25, 0.3) is 0 Å². The number of aromatic nitrogens is 4. The van der Waals surface area contributed by atoms with Gasteiger partial charge in [0.2, 0.25) is 0 Å². The lowest BCUT2D eigenvalue weighted by molar-refractivity contribution is 0.377. The molecule has 5 rings (SSSR count). The summed E-state index contributed by atoms with van der Waals surface area (Å²) in [5, 5.41) is 12.7. The molecule has 0 spiro atoms. The van der Waals surface area contributed by atoms with Crippen molar-refractivity contribution in [2.75, 3.05) is 0 Å². The Morgan fingerprint density at radius 2 is 1.67 bits per heavy atom. The Labute approximate surface area is 184 Å². The number of fused-ring (bicyclic) bond motifs is 3. The molecule has 1 fully saturated rings. The van der Waals surface area contributed by atoms with E-state index in [1.807, 2.05) is 0 Å². The van der Waals surface area contributed by atoms with Crippen molar-refractivity contribution in [3.63, 3.8) is 0 Å². The van der Waals surface area contributed by atoms with Crippen molar-refractivity contribution in [2.24, 2.45) is 0 Å². The summed E-state index contributed by atoms with van der Waals surface area (Å²) in [4.78, 5) is 4.95. The number of rotatable bonds is 3. The third-order valence-corrected chi connectivity index (χ3v) is 6.48. The van der Waals surface area contributed by atoms with Crippen molar-refractivity contribution in [3.05, 3.63) is 71.1 Å². The van der Waals surface area contributed by atoms with Crippen LogP contribution >= 0.6 is 12.4 Å². The molecular weight excluding hydrogens is 394 g/mol. The van der Waals surface area contributed by atoms with Gasteiger partial charge < -0.3 is 5.32 Å². The van der Waals surface area contributed by atoms with Crippen LogP contribution in [0.15, 0.2) is 42.5 Å². The molecular formula is C24H30ClN5. The van der Waals surface area contributed by atoms with E-state index in [4.69, 9.17) is 4.98 Å². The topological polar surface area (TPSA) is 55.6 Å². The number of nitrogens with one attached hydrogen (secondary N) is 1. The molecule has 3 heterocycles. The first-order valence-electron chi connectivity index (χ1n) is 10.9. The summed E-state index contributed by atoms with van der Waals surface area (Å²) >= 11 is 0. The number of halogens is 1. The van der Waals surface area contributed by atoms with E-state index in [1.54, 1.807) is 0 Å². The zero-order valence-electron chi connectivity index (χ0n) is 17.7. The predicted octanol–water partition coefficient (Wildman–Crippen LogP) is 5.25. The zero-order chi connectivity index (χ0) is 19.8. The van der Waals surface area contributed by atoms with Crippen molar-refractivity contribution in [1.82, 2.24) is 25.1 Å². The number of nitrogens with zero attached hydrogens (tertiary/aromatic N) is 4. The van der Waals surface area contributed by atoms with E-state index < -0.39 is 0 Å². The summed E-state index contributed by atoms with van der Waals surface area (Å²) in [7, 11) is 0. The zero-order valence-corrected chi connectivity index (χ0v) is 18.5. The highest BCUT2D eigenvalue weighted by Gasteiger charge is 2.30. The molecule has 3 aromatic rings. The molecule has 0 amide bonds. The Balaban J connectivity index is 0.00000218. The maximum absolute atomic E-state index is 4.95. The van der Waals surface area contributed by atoms with Gasteiger partial charge in [-0.2, -0.15) is 0 Å². The molecule has 0 atom stereocenters. The maximum Gasteiger partial charge on any atom is 0.151 e. The molecule has 2 aromatic heterocycles. The molecule has 30 heavy (non-hydrogen) atoms. The van der Waals surface area contributed by atoms with Gasteiger partial charge in [0, 0.05) is 29.8 Å². The van der Waals surface area contributed by atoms with Crippen molar-refractivity contribution >= 4 is 12.4 Å². The molecule has 1 saturated carbocycles. The van der Waals surface area contributed by atoms with E-state index in [-0.39, 0.29) is 12.4 Å². The molecule has 1 aromatic carbocycles. The number of pyridine rings is 1. The van der Waals surface area contributed by atoms with Gasteiger partial charge in [-0.3, -0.25) is 9.55 Å². The van der Waals surface area contributed by atoms with Crippen molar-refractivity contribution in [2.45, 2.75) is 70.4 Å². The first-order valence-corrected chi connectivity index (χ1v) is 10.9. The summed E-state index contributed by atoms with van der Waals surface area (Å²) in [5.74, 6) is 3.67. The molecule has 0 bridgehead atoms. The van der Waals surface area contributed by atoms with Crippen LogP contribution in [0, 0.1) is 0 Å². The van der Waals surface area contributed by atoms with Crippen LogP contribution in [0.5, 0.6) is 0 Å². The molecule has 158 valence electrons. The minimum Gasteiger partial charge on any atom is -0.306 e. The molecule has 6 heteroatoms. The number of hydrogen-bond donors (Lipinski definition) is 1. The van der Waals surface area contributed by atoms with E-state index in [0.29, 0.717) is 17.8 Å². The van der Waals surface area contributed by atoms with Crippen molar-refractivity contribution in [1.29, 1.82) is 0 Å². The lowest BCUT2D eigenvalue weighted by Gasteiger charge is -2.28. The summed E-state index contributed by atoms with van der Waals surface area (Å²) in [6.07, 6.45) is 4.63. The summed E-state index contributed by atoms with van der Waals surface area (Å²) in [6.45, 7) is 6.08. The molecule has 1 aliphatic carbocycles. The van der Waals surface area contributed by atoms with Crippen molar-refractivity contribution in [3.8, 4) is 5.69 Å². The third-order valence-electron chi connectivity index (χ3n) is 6.48. The van der Waals surface area contributed by atoms with Crippen molar-refractivity contribution < 1.29 is 0 Å². The van der Waals surface area contributed by atoms with E-state index in [0.717, 1.165) is 37.6 Å². The first-order chi connectivity index (χ1) is 14.2. The number of hydrogen-bond acceptors (Lipinski definition) is 4. The maximum atomic E-state index is 4.95. The molecule has 1 aliphatic heterocycles. The summed E-state index contributed by atoms with van der Waals surface area (Å²) < 4.78 is 2.32. The Bertz CT molecular complexity index is 1000. The van der Waals surface area contributed by atoms with E-state index in [1.165, 1.54) is 35.5 Å². The third kappa shape index (κ3) is 3.88. The molecule has 0 unspecified atom stereocenters. The van der Waals surface area contributed by atoms with Gasteiger partial charge in [-0.1, -0.05) is 38.1 Å². The SMILES string of the molecule is CC(C)c1cccc(C2CCC(c3nnc4n3-c3ccccc3CNC4)CC2)n1.Cl. The van der Waals surface area contributed by atoms with Gasteiger partial charge in [-0.15, -0.1) is 22.6 Å². The smallest absolute Gasteiger partial charge is 0.151 e. The highest BCUT2D eigenvalue weighted by Crippen LogP contribution is 2.40. The fourth-order valence-corrected chi connectivity index (χ4v) is 4.82. The minimum absolute atomic E-state index is 0. The highest BCUT2D eigenvalue weighted by atomic mass is 35.5. The van der Waals surface area contributed by atoms with Crippen LogP contribution in [0.2, 0.25) is 0 Å². The van der Waals surface area contributed by atoms with Crippen LogP contribution < -0.4 is 5.32 Å². The summed E-state index contributed by atoms with van der Waals surface area (Å²) in [5.41, 5.74) is 5.03. The monoisotopic (exact) mass is 423 g/mol. The van der Waals surface area contributed by atoms with Crippen LogP contribution in [-0.2, 0) is 13.1 Å². The Kier molecular flexibility index (Phi) is 6.21. The number of benzene rings is 1. The van der Waals surface area contributed by atoms with Gasteiger partial charge in [0.1, 0.15) is 5.82 Å². The van der Waals surface area contributed by atoms with E-state index in [9.17, 15) is 0 Å². The Hall–Kier alpha value is -2.24. The van der Waals surface area contributed by atoms with Crippen LogP contribution in [0.4, 0.5) is 0 Å². The molecule has 2 aliphatic rings. The predicted molar refractivity (Wildman–Crippen MR) is 121 cm³/mol. The largest absolute Gasteiger partial charge is 0.306 e. The molecule has 0 saturated heterocycles. The lowest BCUT2D eigenvalue weighted by Crippen LogP contribution is -2.17. The molecule has 5 nitrogen and oxygen atoms in total. The standard InChI is InChI=1S/C24H29N5.ClH/c1-16(2)20-7-5-8-21(26-20)17-10-12-18(13-11-17)24-28-27-23-15-25-14-19-6-3-4-9-22(19)29(23)24;/h3-9,16-18,25H,10-15H2,1-2H3;1H. The summed E-state index contributed by atoms with van der Waals surface area (Å²) in [6, 6.07) is 15.2. The van der Waals surface area contributed by atoms with Gasteiger partial charge >= 0.3 is 0 Å². The Morgan fingerprint density at radius 3 is 2.47 bits per heavy atom.